The van der Waals surface area contributed by atoms with E-state index in [-0.39, 0.29) is 22.7 Å². The third-order valence-electron chi connectivity index (χ3n) is 4.20. The number of aromatic amines is 1. The van der Waals surface area contributed by atoms with Crippen molar-refractivity contribution in [1.29, 1.82) is 0 Å². The standard InChI is InChI=1S/C20H12F4N4O/c21-11-7-8-13(20(22,23)24)12(10-11)18-26-14-5-3-6-15(17(14)28-18)27-19(29)16-4-1-2-9-25-16/h1-10H,(H,26,28)(H,27,29). The molecule has 2 heterocycles. The van der Waals surface area contributed by atoms with E-state index in [2.05, 4.69) is 20.3 Å². The minimum atomic E-state index is -4.68. The van der Waals surface area contributed by atoms with E-state index < -0.39 is 29.0 Å². The van der Waals surface area contributed by atoms with E-state index in [1.54, 1.807) is 30.3 Å². The smallest absolute Gasteiger partial charge is 0.338 e. The van der Waals surface area contributed by atoms with Gasteiger partial charge in [-0.05, 0) is 42.5 Å². The predicted octanol–water partition coefficient (Wildman–Crippen LogP) is 5.04. The van der Waals surface area contributed by atoms with Gasteiger partial charge < -0.3 is 10.3 Å². The van der Waals surface area contributed by atoms with Crippen molar-refractivity contribution in [2.45, 2.75) is 6.18 Å². The molecule has 2 N–H and O–H groups in total. The van der Waals surface area contributed by atoms with Crippen LogP contribution in [0.1, 0.15) is 16.1 Å². The Hall–Kier alpha value is -3.75. The number of nitrogens with one attached hydrogen (secondary N) is 2. The van der Waals surface area contributed by atoms with Gasteiger partial charge in [0, 0.05) is 11.8 Å². The number of hydrogen-bond acceptors (Lipinski definition) is 3. The molecule has 0 bridgehead atoms. The number of pyridine rings is 1. The van der Waals surface area contributed by atoms with Crippen molar-refractivity contribution in [2.75, 3.05) is 5.32 Å². The van der Waals surface area contributed by atoms with Crippen molar-refractivity contribution >= 4 is 22.6 Å². The fraction of sp³-hybridized carbons (Fsp3) is 0.0500. The normalized spacial score (nSPS) is 11.6. The summed E-state index contributed by atoms with van der Waals surface area (Å²) in [5.74, 6) is -1.48. The molecule has 0 saturated heterocycles. The van der Waals surface area contributed by atoms with Crippen molar-refractivity contribution in [1.82, 2.24) is 15.0 Å². The summed E-state index contributed by atoms with van der Waals surface area (Å²) >= 11 is 0. The van der Waals surface area contributed by atoms with Crippen LogP contribution in [0.15, 0.2) is 60.8 Å². The Morgan fingerprint density at radius 1 is 1.03 bits per heavy atom. The third kappa shape index (κ3) is 3.66. The molecule has 0 aliphatic carbocycles. The Labute approximate surface area is 161 Å². The van der Waals surface area contributed by atoms with Crippen LogP contribution in [-0.4, -0.2) is 20.9 Å². The third-order valence-corrected chi connectivity index (χ3v) is 4.20. The van der Waals surface area contributed by atoms with Crippen LogP contribution in [0.5, 0.6) is 0 Å². The first-order chi connectivity index (χ1) is 13.8. The molecule has 5 nitrogen and oxygen atoms in total. The number of halogens is 4. The highest BCUT2D eigenvalue weighted by atomic mass is 19.4. The second-order valence-corrected chi connectivity index (χ2v) is 6.14. The molecule has 0 aliphatic heterocycles. The molecule has 0 aliphatic rings. The van der Waals surface area contributed by atoms with E-state index in [4.69, 9.17) is 0 Å². The zero-order valence-electron chi connectivity index (χ0n) is 14.6. The van der Waals surface area contributed by atoms with Crippen molar-refractivity contribution in [3.63, 3.8) is 0 Å². The molecule has 146 valence electrons. The Kier molecular flexibility index (Phi) is 4.50. The maximum Gasteiger partial charge on any atom is 0.417 e. The monoisotopic (exact) mass is 400 g/mol. The minimum absolute atomic E-state index is 0.161. The largest absolute Gasteiger partial charge is 0.417 e. The van der Waals surface area contributed by atoms with Gasteiger partial charge in [0.05, 0.1) is 16.8 Å². The molecule has 29 heavy (non-hydrogen) atoms. The number of nitrogens with zero attached hydrogens (tertiary/aromatic N) is 2. The second kappa shape index (κ2) is 7.01. The van der Waals surface area contributed by atoms with Crippen LogP contribution in [0.4, 0.5) is 23.2 Å². The van der Waals surface area contributed by atoms with Crippen LogP contribution in [0.3, 0.4) is 0 Å². The molecule has 0 saturated carbocycles. The zero-order chi connectivity index (χ0) is 20.6. The maximum atomic E-state index is 13.6. The van der Waals surface area contributed by atoms with Gasteiger partial charge in [-0.25, -0.2) is 9.37 Å². The zero-order valence-corrected chi connectivity index (χ0v) is 14.6. The van der Waals surface area contributed by atoms with E-state index >= 15 is 0 Å². The Balaban J connectivity index is 1.78. The number of carbonyl (C=O) groups is 1. The summed E-state index contributed by atoms with van der Waals surface area (Å²) < 4.78 is 53.6. The molecule has 9 heteroatoms. The quantitative estimate of drug-likeness (QED) is 0.474. The van der Waals surface area contributed by atoms with E-state index in [0.717, 1.165) is 12.1 Å². The van der Waals surface area contributed by atoms with Gasteiger partial charge in [0.1, 0.15) is 22.9 Å². The Bertz CT molecular complexity index is 1200. The number of imidazole rings is 1. The van der Waals surface area contributed by atoms with Gasteiger partial charge in [-0.15, -0.1) is 0 Å². The van der Waals surface area contributed by atoms with Gasteiger partial charge in [-0.1, -0.05) is 12.1 Å². The summed E-state index contributed by atoms with van der Waals surface area (Å²) in [7, 11) is 0. The van der Waals surface area contributed by atoms with Gasteiger partial charge in [-0.2, -0.15) is 13.2 Å². The minimum Gasteiger partial charge on any atom is -0.338 e. The number of carbonyl (C=O) groups excluding carboxylic acids is 1. The molecule has 0 spiro atoms. The molecule has 2 aromatic carbocycles. The lowest BCUT2D eigenvalue weighted by Crippen LogP contribution is -2.13. The number of benzene rings is 2. The Morgan fingerprint density at radius 2 is 1.86 bits per heavy atom. The summed E-state index contributed by atoms with van der Waals surface area (Å²) in [6, 6.07) is 11.8. The van der Waals surface area contributed by atoms with Gasteiger partial charge in [0.2, 0.25) is 0 Å². The van der Waals surface area contributed by atoms with Crippen molar-refractivity contribution in [3.8, 4) is 11.4 Å². The van der Waals surface area contributed by atoms with Gasteiger partial charge in [-0.3, -0.25) is 9.78 Å². The summed E-state index contributed by atoms with van der Waals surface area (Å²) in [5.41, 5.74) is -0.358. The number of hydrogen-bond donors (Lipinski definition) is 2. The summed E-state index contributed by atoms with van der Waals surface area (Å²) in [6.45, 7) is 0. The first kappa shape index (κ1) is 18.6. The van der Waals surface area contributed by atoms with Crippen LogP contribution >= 0.6 is 0 Å². The van der Waals surface area contributed by atoms with Crippen molar-refractivity contribution in [2.24, 2.45) is 0 Å². The fourth-order valence-electron chi connectivity index (χ4n) is 2.90. The first-order valence-electron chi connectivity index (χ1n) is 8.41. The number of anilines is 1. The van der Waals surface area contributed by atoms with Crippen molar-refractivity contribution < 1.29 is 22.4 Å². The maximum absolute atomic E-state index is 13.6. The van der Waals surface area contributed by atoms with Crippen LogP contribution < -0.4 is 5.32 Å². The molecular formula is C20H12F4N4O. The molecule has 1 amide bonds. The van der Waals surface area contributed by atoms with Gasteiger partial charge in [0.25, 0.3) is 5.91 Å². The average molecular weight is 400 g/mol. The highest BCUT2D eigenvalue weighted by Crippen LogP contribution is 2.37. The average Bonchev–Trinajstić information content (AvgIpc) is 3.13. The number of para-hydroxylation sites is 1. The Morgan fingerprint density at radius 3 is 2.59 bits per heavy atom. The lowest BCUT2D eigenvalue weighted by molar-refractivity contribution is -0.137. The second-order valence-electron chi connectivity index (χ2n) is 6.14. The van der Waals surface area contributed by atoms with E-state index in [1.807, 2.05) is 0 Å². The van der Waals surface area contributed by atoms with Crippen LogP contribution in [0.2, 0.25) is 0 Å². The number of rotatable bonds is 3. The molecule has 0 atom stereocenters. The molecule has 4 aromatic rings. The van der Waals surface area contributed by atoms with Crippen LogP contribution in [0, 0.1) is 5.82 Å². The van der Waals surface area contributed by atoms with Gasteiger partial charge >= 0.3 is 6.18 Å². The predicted molar refractivity (Wildman–Crippen MR) is 98.7 cm³/mol. The summed E-state index contributed by atoms with van der Waals surface area (Å²) in [6.07, 6.45) is -3.22. The summed E-state index contributed by atoms with van der Waals surface area (Å²) in [4.78, 5) is 23.3. The highest BCUT2D eigenvalue weighted by Gasteiger charge is 2.34. The molecule has 4 rings (SSSR count). The van der Waals surface area contributed by atoms with E-state index in [1.165, 1.54) is 12.3 Å². The highest BCUT2D eigenvalue weighted by molar-refractivity contribution is 6.07. The van der Waals surface area contributed by atoms with Crippen LogP contribution in [-0.2, 0) is 6.18 Å². The van der Waals surface area contributed by atoms with E-state index in [0.29, 0.717) is 11.6 Å². The summed E-state index contributed by atoms with van der Waals surface area (Å²) in [5, 5.41) is 2.64. The van der Waals surface area contributed by atoms with E-state index in [9.17, 15) is 22.4 Å². The SMILES string of the molecule is O=C(Nc1cccc2[nH]c(-c3cc(F)ccc3C(F)(F)F)nc12)c1ccccn1. The molecule has 0 fully saturated rings. The molecule has 2 aromatic heterocycles. The number of alkyl halides is 3. The molecular weight excluding hydrogens is 388 g/mol. The first-order valence-corrected chi connectivity index (χ1v) is 8.41. The number of aromatic nitrogens is 3. The topological polar surface area (TPSA) is 70.7 Å². The van der Waals surface area contributed by atoms with Gasteiger partial charge in [0.15, 0.2) is 0 Å². The number of H-pyrrole nitrogens is 1. The lowest BCUT2D eigenvalue weighted by Gasteiger charge is -2.11. The number of amides is 1. The molecule has 0 unspecified atom stereocenters. The van der Waals surface area contributed by atoms with Crippen LogP contribution in [0.25, 0.3) is 22.4 Å². The molecule has 0 radical (unpaired) electrons. The van der Waals surface area contributed by atoms with Crippen molar-refractivity contribution in [3.05, 3.63) is 77.9 Å². The fourth-order valence-corrected chi connectivity index (χ4v) is 2.90. The lowest BCUT2D eigenvalue weighted by atomic mass is 10.1. The number of fused-ring (bicyclic) bond motifs is 1.